The summed E-state index contributed by atoms with van der Waals surface area (Å²) in [6, 6.07) is 15.7. The van der Waals surface area contributed by atoms with E-state index in [1.165, 1.54) is 11.3 Å². The van der Waals surface area contributed by atoms with Gasteiger partial charge in [0.05, 0.1) is 21.5 Å². The first-order valence-electron chi connectivity index (χ1n) is 6.86. The average Bonchev–Trinajstić information content (AvgIpc) is 3.13. The molecule has 0 atom stereocenters. The van der Waals surface area contributed by atoms with Crippen LogP contribution in [0.15, 0.2) is 48.7 Å². The van der Waals surface area contributed by atoms with Gasteiger partial charge in [-0.2, -0.15) is 5.26 Å². The van der Waals surface area contributed by atoms with Crippen LogP contribution >= 0.6 is 22.9 Å². The summed E-state index contributed by atoms with van der Waals surface area (Å²) >= 11 is 7.72. The van der Waals surface area contributed by atoms with E-state index in [9.17, 15) is 5.26 Å². The van der Waals surface area contributed by atoms with E-state index in [0.717, 1.165) is 15.9 Å². The van der Waals surface area contributed by atoms with Gasteiger partial charge < -0.3 is 0 Å². The number of nitrogens with zero attached hydrogens (tertiary/aromatic N) is 4. The molecule has 0 saturated heterocycles. The fourth-order valence-corrected chi connectivity index (χ4v) is 3.55. The Bertz CT molecular complexity index is 1070. The first-order valence-corrected chi connectivity index (χ1v) is 8.06. The molecule has 4 nitrogen and oxygen atoms in total. The number of nitriles is 1. The Morgan fingerprint density at radius 3 is 2.83 bits per heavy atom. The van der Waals surface area contributed by atoms with Crippen LogP contribution in [0.3, 0.4) is 0 Å². The zero-order valence-corrected chi connectivity index (χ0v) is 13.3. The lowest BCUT2D eigenvalue weighted by Gasteiger charge is -1.97. The lowest BCUT2D eigenvalue weighted by Crippen LogP contribution is -1.87. The highest BCUT2D eigenvalue weighted by Crippen LogP contribution is 2.29. The summed E-state index contributed by atoms with van der Waals surface area (Å²) in [6.07, 6.45) is 3.60. The van der Waals surface area contributed by atoms with Crippen LogP contribution in [0.1, 0.15) is 10.7 Å². The molecule has 0 amide bonds. The van der Waals surface area contributed by atoms with Gasteiger partial charge in [-0.1, -0.05) is 29.8 Å². The third-order valence-corrected chi connectivity index (χ3v) is 4.80. The maximum atomic E-state index is 9.54. The Morgan fingerprint density at radius 2 is 2.00 bits per heavy atom. The number of fused-ring (bicyclic) bond motifs is 2. The number of rotatable bonds is 2. The molecule has 0 aliphatic rings. The van der Waals surface area contributed by atoms with Gasteiger partial charge in [-0.3, -0.25) is 4.40 Å². The van der Waals surface area contributed by atoms with E-state index in [4.69, 9.17) is 11.6 Å². The number of halogens is 1. The number of imidazole rings is 1. The molecule has 0 aliphatic heterocycles. The van der Waals surface area contributed by atoms with Crippen LogP contribution in [0.4, 0.5) is 0 Å². The number of benzene rings is 1. The molecule has 23 heavy (non-hydrogen) atoms. The van der Waals surface area contributed by atoms with Crippen LogP contribution < -0.4 is 0 Å². The maximum absolute atomic E-state index is 9.54. The van der Waals surface area contributed by atoms with E-state index in [-0.39, 0.29) is 0 Å². The molecule has 0 fully saturated rings. The highest BCUT2D eigenvalue weighted by atomic mass is 35.5. The normalized spacial score (nSPS) is 11.9. The summed E-state index contributed by atoms with van der Waals surface area (Å²) in [6.45, 7) is 0. The van der Waals surface area contributed by atoms with Crippen LogP contribution in [-0.2, 0) is 0 Å². The van der Waals surface area contributed by atoms with Gasteiger partial charge >= 0.3 is 0 Å². The molecule has 110 valence electrons. The summed E-state index contributed by atoms with van der Waals surface area (Å²) in [4.78, 5) is 8.82. The molecule has 4 aromatic rings. The SMILES string of the molecule is N#C/C(=C\c1c(Cl)nc2ccccn12)c1nc2ccccc2s1. The largest absolute Gasteiger partial charge is 0.299 e. The third-order valence-electron chi connectivity index (χ3n) is 3.45. The van der Waals surface area contributed by atoms with Crippen LogP contribution in [-0.4, -0.2) is 14.4 Å². The summed E-state index contributed by atoms with van der Waals surface area (Å²) < 4.78 is 2.90. The fraction of sp³-hybridized carbons (Fsp3) is 0. The number of hydrogen-bond donors (Lipinski definition) is 0. The quantitative estimate of drug-likeness (QED) is 0.500. The van der Waals surface area contributed by atoms with Crippen molar-refractivity contribution in [3.05, 3.63) is 64.5 Å². The number of hydrogen-bond acceptors (Lipinski definition) is 4. The van der Waals surface area contributed by atoms with E-state index < -0.39 is 0 Å². The van der Waals surface area contributed by atoms with Crippen molar-refractivity contribution < 1.29 is 0 Å². The van der Waals surface area contributed by atoms with Crippen molar-refractivity contribution in [2.45, 2.75) is 0 Å². The second-order valence-corrected chi connectivity index (χ2v) is 6.26. The van der Waals surface area contributed by atoms with Crippen LogP contribution in [0.2, 0.25) is 5.15 Å². The van der Waals surface area contributed by atoms with Gasteiger partial charge in [-0.15, -0.1) is 11.3 Å². The van der Waals surface area contributed by atoms with E-state index in [1.54, 1.807) is 6.08 Å². The molecule has 0 N–H and O–H groups in total. The number of para-hydroxylation sites is 1. The molecule has 0 bridgehead atoms. The van der Waals surface area contributed by atoms with Gasteiger partial charge in [0, 0.05) is 6.20 Å². The van der Waals surface area contributed by atoms with Gasteiger partial charge in [-0.25, -0.2) is 9.97 Å². The molecular weight excluding hydrogens is 328 g/mol. The summed E-state index contributed by atoms with van der Waals surface area (Å²) in [7, 11) is 0. The predicted molar refractivity (Wildman–Crippen MR) is 93.3 cm³/mol. The highest BCUT2D eigenvalue weighted by Gasteiger charge is 2.13. The first-order chi connectivity index (χ1) is 11.3. The van der Waals surface area contributed by atoms with E-state index in [0.29, 0.717) is 21.4 Å². The molecule has 4 rings (SSSR count). The van der Waals surface area contributed by atoms with Gasteiger partial charge in [0.2, 0.25) is 0 Å². The topological polar surface area (TPSA) is 54.0 Å². The molecule has 3 heterocycles. The van der Waals surface area contributed by atoms with Crippen molar-refractivity contribution in [2.24, 2.45) is 0 Å². The van der Waals surface area contributed by atoms with Crippen LogP contribution in [0, 0.1) is 11.3 Å². The van der Waals surface area contributed by atoms with Crippen molar-refractivity contribution in [1.29, 1.82) is 5.26 Å². The summed E-state index contributed by atoms with van der Waals surface area (Å²) in [5.41, 5.74) is 2.78. The van der Waals surface area contributed by atoms with Gasteiger partial charge in [-0.05, 0) is 30.3 Å². The molecule has 3 aromatic heterocycles. The number of thiazole rings is 1. The standard InChI is InChI=1S/C17H9ClN4S/c18-16-13(22-8-4-3-7-15(22)21-16)9-11(10-19)17-20-12-5-1-2-6-14(12)23-17/h1-9H/b11-9+. The summed E-state index contributed by atoms with van der Waals surface area (Å²) in [5.74, 6) is 0. The smallest absolute Gasteiger partial charge is 0.155 e. The fourth-order valence-electron chi connectivity index (χ4n) is 2.38. The van der Waals surface area contributed by atoms with E-state index in [2.05, 4.69) is 16.0 Å². The number of aromatic nitrogens is 3. The molecule has 0 saturated carbocycles. The molecule has 1 aromatic carbocycles. The average molecular weight is 337 g/mol. The minimum absolute atomic E-state index is 0.366. The maximum Gasteiger partial charge on any atom is 0.155 e. The van der Waals surface area contributed by atoms with Gasteiger partial charge in [0.15, 0.2) is 5.15 Å². The van der Waals surface area contributed by atoms with Gasteiger partial charge in [0.25, 0.3) is 0 Å². The lowest BCUT2D eigenvalue weighted by atomic mass is 10.2. The Morgan fingerprint density at radius 1 is 1.17 bits per heavy atom. The minimum atomic E-state index is 0.366. The Hall–Kier alpha value is -2.68. The lowest BCUT2D eigenvalue weighted by molar-refractivity contribution is 1.17. The van der Waals surface area contributed by atoms with Gasteiger partial charge in [0.1, 0.15) is 16.7 Å². The van der Waals surface area contributed by atoms with Crippen molar-refractivity contribution in [1.82, 2.24) is 14.4 Å². The second-order valence-electron chi connectivity index (χ2n) is 4.87. The molecule has 0 aliphatic carbocycles. The minimum Gasteiger partial charge on any atom is -0.299 e. The Balaban J connectivity index is 1.90. The Kier molecular flexibility index (Phi) is 3.34. The van der Waals surface area contributed by atoms with E-state index >= 15 is 0 Å². The van der Waals surface area contributed by atoms with Crippen molar-refractivity contribution in [3.8, 4) is 6.07 Å². The second kappa shape index (κ2) is 5.51. The number of pyridine rings is 1. The van der Waals surface area contributed by atoms with Crippen LogP contribution in [0.5, 0.6) is 0 Å². The van der Waals surface area contributed by atoms with Crippen molar-refractivity contribution in [3.63, 3.8) is 0 Å². The molecule has 6 heteroatoms. The van der Waals surface area contributed by atoms with Crippen LogP contribution in [0.25, 0.3) is 27.5 Å². The van der Waals surface area contributed by atoms with E-state index in [1.807, 2.05) is 53.1 Å². The molecule has 0 radical (unpaired) electrons. The first kappa shape index (κ1) is 13.9. The molecule has 0 spiro atoms. The Labute approximate surface area is 140 Å². The number of allylic oxidation sites excluding steroid dienone is 1. The molecule has 0 unspecified atom stereocenters. The highest BCUT2D eigenvalue weighted by molar-refractivity contribution is 7.19. The molecular formula is C17H9ClN4S. The zero-order valence-electron chi connectivity index (χ0n) is 11.8. The van der Waals surface area contributed by atoms with Crippen molar-refractivity contribution in [2.75, 3.05) is 0 Å². The van der Waals surface area contributed by atoms with Crippen molar-refractivity contribution >= 4 is 50.5 Å². The monoisotopic (exact) mass is 336 g/mol. The zero-order chi connectivity index (χ0) is 15.8. The summed E-state index contributed by atoms with van der Waals surface area (Å²) in [5, 5.41) is 10.6. The third kappa shape index (κ3) is 2.38. The predicted octanol–water partition coefficient (Wildman–Crippen LogP) is 4.66.